The van der Waals surface area contributed by atoms with Crippen molar-refractivity contribution >= 4 is 137 Å². The zero-order valence-corrected chi connectivity index (χ0v) is 57.3. The number of rotatable bonds is 22. The van der Waals surface area contributed by atoms with Crippen LogP contribution in [-0.4, -0.2) is 14.2 Å². The fourth-order valence-electron chi connectivity index (χ4n) is 10.9. The molecule has 0 N–H and O–H groups in total. The van der Waals surface area contributed by atoms with E-state index >= 15 is 0 Å². The number of thioether (sulfide) groups is 2. The lowest BCUT2D eigenvalue weighted by Crippen LogP contribution is -2.01. The summed E-state index contributed by atoms with van der Waals surface area (Å²) in [6.07, 6.45) is 12.9. The number of benzene rings is 2. The van der Waals surface area contributed by atoms with Gasteiger partial charge < -0.3 is 9.47 Å². The van der Waals surface area contributed by atoms with Gasteiger partial charge in [-0.1, -0.05) is 52.4 Å². The van der Waals surface area contributed by atoms with Crippen molar-refractivity contribution in [3.63, 3.8) is 0 Å². The molecule has 0 amide bonds. The van der Waals surface area contributed by atoms with Crippen LogP contribution in [0.25, 0.3) is 98.9 Å². The molecule has 0 radical (unpaired) electrons. The maximum Gasteiger partial charge on any atom is 0.126 e. The number of hydrogen-bond acceptors (Lipinski definition) is 14. The minimum Gasteiger partial charge on any atom is -0.496 e. The SMILES string of the molecule is CCCCCCc1ccc(-c2ccc(-c3ccc(-c4ccc(-c5ccc(-c6cc7c(OC)c(c6)CSCc6cc(-c8ccc(-c9ccc(-c%10ccc(-c%11ccc(-c%12ccc(CCCCCC)s%12)s%11)s%10)s9)s8)cc(c6OC)CSC7)s5)s4)s3)s2)s1. The highest BCUT2D eigenvalue weighted by molar-refractivity contribution is 7.98. The van der Waals surface area contributed by atoms with Gasteiger partial charge in [0.25, 0.3) is 0 Å². The molecule has 11 heterocycles. The van der Waals surface area contributed by atoms with Gasteiger partial charge in [0.15, 0.2) is 0 Å². The third-order valence-electron chi connectivity index (χ3n) is 15.2. The maximum atomic E-state index is 6.25. The second kappa shape index (κ2) is 27.4. The molecule has 0 unspecified atom stereocenters. The average Bonchev–Trinajstić information content (AvgIpc) is 4.51. The van der Waals surface area contributed by atoms with Crippen molar-refractivity contribution in [3.05, 3.63) is 178 Å². The van der Waals surface area contributed by atoms with Crippen LogP contribution in [0, 0.1) is 0 Å². The van der Waals surface area contributed by atoms with Crippen LogP contribution >= 0.6 is 137 Å². The van der Waals surface area contributed by atoms with Gasteiger partial charge in [-0.25, -0.2) is 0 Å². The van der Waals surface area contributed by atoms with E-state index in [-0.39, 0.29) is 0 Å². The van der Waals surface area contributed by atoms with Crippen molar-refractivity contribution in [2.24, 2.45) is 0 Å². The molecule has 0 atom stereocenters. The fraction of sp³-hybridized carbons (Fsp3) is 0.257. The average molecular weight is 1320 g/mol. The first kappa shape index (κ1) is 58.7. The van der Waals surface area contributed by atoms with Crippen LogP contribution < -0.4 is 9.47 Å². The Kier molecular flexibility index (Phi) is 19.2. The van der Waals surface area contributed by atoms with Crippen molar-refractivity contribution in [1.82, 2.24) is 0 Å². The molecule has 428 valence electrons. The Labute approximate surface area is 543 Å². The van der Waals surface area contributed by atoms with Gasteiger partial charge in [-0.15, -0.1) is 113 Å². The highest BCUT2D eigenvalue weighted by atomic mass is 32.2. The van der Waals surface area contributed by atoms with E-state index in [1.54, 1.807) is 0 Å². The molecule has 2 nitrogen and oxygen atoms in total. The lowest BCUT2D eigenvalue weighted by Gasteiger charge is -2.19. The molecule has 13 rings (SSSR count). The molecule has 12 aromatic rings. The zero-order valence-electron chi connectivity index (χ0n) is 47.5. The normalized spacial score (nSPS) is 12.7. The number of hydrogen-bond donors (Lipinski definition) is 0. The monoisotopic (exact) mass is 1320 g/mol. The highest BCUT2D eigenvalue weighted by Gasteiger charge is 2.22. The standard InChI is InChI=1S/C70H64O2S12/c1-5-7-9-11-13-49-15-17-53(75-49)55-23-25-61(79-55)63-31-33-67(83-63)65-29-27-59(81-65)57-21-19-51(77-57)43-35-45-39-73-41-47-37-44(38-48(70(47)72-4)42-74-40-46(36-43)69(45)71-3)52-20-22-58(78-52)60-28-30-66(82-60)68-34-32-64(84-68)62-26-24-56(80-62)54-18-16-50(76-54)14-12-10-8-6-2/h15-38H,5-14,39-42H2,1-4H3. The van der Waals surface area contributed by atoms with E-state index in [2.05, 4.69) is 159 Å². The van der Waals surface area contributed by atoms with E-state index in [1.165, 1.54) is 195 Å². The molecule has 4 bridgehead atoms. The predicted molar refractivity (Wildman–Crippen MR) is 385 cm³/mol. The molecule has 10 aromatic heterocycles. The van der Waals surface area contributed by atoms with Crippen molar-refractivity contribution in [1.29, 1.82) is 0 Å². The Morgan fingerprint density at radius 1 is 0.274 bits per heavy atom. The molecule has 0 aliphatic carbocycles. The zero-order chi connectivity index (χ0) is 56.9. The van der Waals surface area contributed by atoms with Gasteiger partial charge in [0.05, 0.1) is 14.2 Å². The molecule has 84 heavy (non-hydrogen) atoms. The summed E-state index contributed by atoms with van der Waals surface area (Å²) in [5.41, 5.74) is 7.53. The summed E-state index contributed by atoms with van der Waals surface area (Å²) in [6.45, 7) is 4.57. The van der Waals surface area contributed by atoms with Crippen LogP contribution in [0.3, 0.4) is 0 Å². The third kappa shape index (κ3) is 13.3. The number of aryl methyl sites for hydroxylation is 2. The Bertz CT molecular complexity index is 3830. The van der Waals surface area contributed by atoms with Crippen LogP contribution in [0.1, 0.15) is 97.2 Å². The first-order chi connectivity index (χ1) is 41.4. The smallest absolute Gasteiger partial charge is 0.126 e. The Morgan fingerprint density at radius 3 is 0.750 bits per heavy atom. The molecular formula is C70H64O2S12. The van der Waals surface area contributed by atoms with Crippen LogP contribution in [0.5, 0.6) is 11.5 Å². The summed E-state index contributed by atoms with van der Waals surface area (Å²) < 4.78 is 12.5. The second-order valence-electron chi connectivity index (χ2n) is 21.1. The number of methoxy groups -OCH3 is 2. The third-order valence-corrected chi connectivity index (χ3v) is 29.9. The number of fused-ring (bicyclic) bond motifs is 4. The Hall–Kier alpha value is -4.26. The van der Waals surface area contributed by atoms with Gasteiger partial charge in [-0.3, -0.25) is 0 Å². The van der Waals surface area contributed by atoms with Crippen molar-refractivity contribution in [2.75, 3.05) is 14.2 Å². The first-order valence-corrected chi connectivity index (χ1v) is 39.4. The maximum absolute atomic E-state index is 6.25. The summed E-state index contributed by atoms with van der Waals surface area (Å²) in [5.74, 6) is 5.40. The number of unbranched alkanes of at least 4 members (excludes halogenated alkanes) is 6. The molecule has 14 heteroatoms. The molecule has 0 fully saturated rings. The number of ether oxygens (including phenoxy) is 2. The lowest BCUT2D eigenvalue weighted by molar-refractivity contribution is 0.407. The quantitative estimate of drug-likeness (QED) is 0.0629. The van der Waals surface area contributed by atoms with Gasteiger partial charge in [0.2, 0.25) is 0 Å². The van der Waals surface area contributed by atoms with E-state index in [0.29, 0.717) is 0 Å². The lowest BCUT2D eigenvalue weighted by atomic mass is 10.0. The second-order valence-corrected chi connectivity index (χ2v) is 34.1. The molecule has 1 aliphatic rings. The van der Waals surface area contributed by atoms with E-state index in [0.717, 1.165) is 34.5 Å². The van der Waals surface area contributed by atoms with E-state index in [4.69, 9.17) is 9.47 Å². The van der Waals surface area contributed by atoms with Gasteiger partial charge in [-0.05, 0) is 182 Å². The molecule has 0 saturated heterocycles. The summed E-state index contributed by atoms with van der Waals surface area (Å²) >= 11 is 23.1. The molecule has 0 saturated carbocycles. The van der Waals surface area contributed by atoms with E-state index in [9.17, 15) is 0 Å². The van der Waals surface area contributed by atoms with Crippen LogP contribution in [0.15, 0.2) is 146 Å². The molecule has 2 aromatic carbocycles. The van der Waals surface area contributed by atoms with Gasteiger partial charge in [-0.2, -0.15) is 23.5 Å². The summed E-state index contributed by atoms with van der Waals surface area (Å²) in [6, 6.07) is 55.9. The van der Waals surface area contributed by atoms with Crippen LogP contribution in [0.4, 0.5) is 0 Å². The van der Waals surface area contributed by atoms with Crippen molar-refractivity contribution in [3.8, 4) is 110 Å². The first-order valence-electron chi connectivity index (χ1n) is 28.9. The van der Waals surface area contributed by atoms with Gasteiger partial charge in [0.1, 0.15) is 11.5 Å². The van der Waals surface area contributed by atoms with E-state index in [1.807, 2.05) is 151 Å². The fourth-order valence-corrected chi connectivity index (χ4v) is 23.7. The Morgan fingerprint density at radius 2 is 0.500 bits per heavy atom. The Balaban J connectivity index is 0.666. The minimum absolute atomic E-state index is 0.840. The van der Waals surface area contributed by atoms with Crippen LogP contribution in [0.2, 0.25) is 0 Å². The molecular weight excluding hydrogens is 1260 g/mol. The highest BCUT2D eigenvalue weighted by Crippen LogP contribution is 2.50. The summed E-state index contributed by atoms with van der Waals surface area (Å²) in [4.78, 5) is 27.1. The van der Waals surface area contributed by atoms with Crippen molar-refractivity contribution < 1.29 is 9.47 Å². The summed E-state index contributed by atoms with van der Waals surface area (Å²) in [7, 11) is 3.68. The van der Waals surface area contributed by atoms with Crippen molar-refractivity contribution in [2.45, 2.75) is 101 Å². The largest absolute Gasteiger partial charge is 0.496 e. The molecule has 0 spiro atoms. The van der Waals surface area contributed by atoms with E-state index < -0.39 is 0 Å². The van der Waals surface area contributed by atoms with Gasteiger partial charge in [0, 0.05) is 143 Å². The molecule has 1 aliphatic heterocycles. The van der Waals surface area contributed by atoms with Gasteiger partial charge >= 0.3 is 0 Å². The van der Waals surface area contributed by atoms with Crippen LogP contribution in [-0.2, 0) is 35.9 Å². The number of thiophene rings is 10. The topological polar surface area (TPSA) is 18.5 Å². The summed E-state index contributed by atoms with van der Waals surface area (Å²) in [5, 5.41) is 0. The minimum atomic E-state index is 0.840. The predicted octanol–water partition coefficient (Wildman–Crippen LogP) is 26.4.